The van der Waals surface area contributed by atoms with Gasteiger partial charge in [0, 0.05) is 34.9 Å². The second-order valence-electron chi connectivity index (χ2n) is 5.09. The summed E-state index contributed by atoms with van der Waals surface area (Å²) < 4.78 is 16.1. The van der Waals surface area contributed by atoms with Gasteiger partial charge in [-0.15, -0.1) is 11.3 Å². The Morgan fingerprint density at radius 3 is 3.05 bits per heavy atom. The second kappa shape index (κ2) is 5.95. The average Bonchev–Trinajstić information content (AvgIpc) is 3.06. The van der Waals surface area contributed by atoms with Gasteiger partial charge in [0.1, 0.15) is 11.6 Å². The molecule has 3 rings (SSSR count). The normalized spacial score (nSPS) is 12.9. The van der Waals surface area contributed by atoms with E-state index < -0.39 is 6.10 Å². The lowest BCUT2D eigenvalue weighted by Gasteiger charge is -2.10. The predicted octanol–water partition coefficient (Wildman–Crippen LogP) is 3.92. The highest BCUT2D eigenvalue weighted by Crippen LogP contribution is 2.31. The van der Waals surface area contributed by atoms with Crippen molar-refractivity contribution in [1.82, 2.24) is 9.55 Å². The zero-order chi connectivity index (χ0) is 14.8. The Kier molecular flexibility index (Phi) is 4.03. The minimum Gasteiger partial charge on any atom is -0.387 e. The quantitative estimate of drug-likeness (QED) is 0.775. The summed E-state index contributed by atoms with van der Waals surface area (Å²) in [6.45, 7) is 3.01. The summed E-state index contributed by atoms with van der Waals surface area (Å²) >= 11 is 1.43. The number of aliphatic hydroxyl groups excluding tert-OH is 1. The summed E-state index contributed by atoms with van der Waals surface area (Å²) in [5.41, 5.74) is 0. The van der Waals surface area contributed by atoms with Crippen molar-refractivity contribution in [2.24, 2.45) is 0 Å². The molecule has 0 amide bonds. The van der Waals surface area contributed by atoms with Crippen LogP contribution in [0.2, 0.25) is 0 Å². The molecule has 1 atom stereocenters. The van der Waals surface area contributed by atoms with Crippen molar-refractivity contribution in [1.29, 1.82) is 0 Å². The number of hydrogen-bond donors (Lipinski definition) is 1. The molecule has 0 spiro atoms. The number of thiophene rings is 1. The van der Waals surface area contributed by atoms with Gasteiger partial charge >= 0.3 is 0 Å². The summed E-state index contributed by atoms with van der Waals surface area (Å²) in [7, 11) is 0. The molecule has 21 heavy (non-hydrogen) atoms. The smallest absolute Gasteiger partial charge is 0.124 e. The zero-order valence-corrected chi connectivity index (χ0v) is 12.6. The second-order valence-corrected chi connectivity index (χ2v) is 6.20. The fourth-order valence-corrected chi connectivity index (χ4v) is 3.51. The highest BCUT2D eigenvalue weighted by atomic mass is 32.1. The number of imidazole rings is 1. The van der Waals surface area contributed by atoms with E-state index in [0.717, 1.165) is 33.8 Å². The molecular weight excluding hydrogens is 287 g/mol. The molecular formula is C16H17FN2OS. The Labute approximate surface area is 126 Å². The third kappa shape index (κ3) is 2.99. The Hall–Kier alpha value is -1.72. The van der Waals surface area contributed by atoms with Crippen LogP contribution in [0.25, 0.3) is 10.1 Å². The molecule has 110 valence electrons. The molecule has 0 bridgehead atoms. The monoisotopic (exact) mass is 304 g/mol. The van der Waals surface area contributed by atoms with Crippen LogP contribution >= 0.6 is 11.3 Å². The number of rotatable bonds is 5. The number of nitrogens with zero attached hydrogens (tertiary/aromatic N) is 2. The van der Waals surface area contributed by atoms with Crippen molar-refractivity contribution in [2.45, 2.75) is 32.4 Å². The molecule has 5 heteroatoms. The highest BCUT2D eigenvalue weighted by Gasteiger charge is 2.15. The Bertz CT molecular complexity index is 750. The van der Waals surface area contributed by atoms with Crippen molar-refractivity contribution >= 4 is 21.4 Å². The summed E-state index contributed by atoms with van der Waals surface area (Å²) in [5.74, 6) is 0.636. The van der Waals surface area contributed by atoms with E-state index >= 15 is 0 Å². The highest BCUT2D eigenvalue weighted by molar-refractivity contribution is 7.19. The average molecular weight is 304 g/mol. The van der Waals surface area contributed by atoms with Gasteiger partial charge in [0.05, 0.1) is 6.10 Å². The first-order valence-electron chi connectivity index (χ1n) is 7.04. The Morgan fingerprint density at radius 2 is 2.24 bits per heavy atom. The molecule has 0 radical (unpaired) electrons. The molecule has 2 aromatic heterocycles. The van der Waals surface area contributed by atoms with Crippen molar-refractivity contribution in [3.8, 4) is 0 Å². The van der Waals surface area contributed by atoms with Gasteiger partial charge in [0.2, 0.25) is 0 Å². The van der Waals surface area contributed by atoms with Crippen molar-refractivity contribution < 1.29 is 9.50 Å². The van der Waals surface area contributed by atoms with Gasteiger partial charge in [0.25, 0.3) is 0 Å². The number of halogens is 1. The fraction of sp³-hybridized carbons (Fsp3) is 0.312. The SMILES string of the molecule is CCCn1ccnc1CC(O)c1cc2ccc(F)cc2s1. The first-order valence-corrected chi connectivity index (χ1v) is 7.86. The molecule has 0 aliphatic rings. The minimum absolute atomic E-state index is 0.246. The van der Waals surface area contributed by atoms with Crippen LogP contribution in [-0.4, -0.2) is 14.7 Å². The summed E-state index contributed by atoms with van der Waals surface area (Å²) in [6.07, 6.45) is 4.59. The van der Waals surface area contributed by atoms with E-state index in [9.17, 15) is 9.50 Å². The molecule has 1 unspecified atom stereocenters. The van der Waals surface area contributed by atoms with Crippen molar-refractivity contribution in [2.75, 3.05) is 0 Å². The van der Waals surface area contributed by atoms with Gasteiger partial charge in [-0.3, -0.25) is 0 Å². The first kappa shape index (κ1) is 14.2. The lowest BCUT2D eigenvalue weighted by Crippen LogP contribution is -2.08. The van der Waals surface area contributed by atoms with Crippen LogP contribution in [0.1, 0.15) is 30.2 Å². The van der Waals surface area contributed by atoms with E-state index in [2.05, 4.69) is 16.5 Å². The summed E-state index contributed by atoms with van der Waals surface area (Å²) in [5, 5.41) is 11.4. The van der Waals surface area contributed by atoms with E-state index in [-0.39, 0.29) is 5.82 Å². The first-order chi connectivity index (χ1) is 10.2. The third-order valence-corrected chi connectivity index (χ3v) is 4.67. The number of aromatic nitrogens is 2. The predicted molar refractivity (Wildman–Crippen MR) is 83.0 cm³/mol. The van der Waals surface area contributed by atoms with Crippen LogP contribution < -0.4 is 0 Å². The molecule has 0 aliphatic carbocycles. The molecule has 0 saturated heterocycles. The van der Waals surface area contributed by atoms with Crippen LogP contribution in [0.3, 0.4) is 0 Å². The van der Waals surface area contributed by atoms with E-state index in [1.54, 1.807) is 12.3 Å². The molecule has 1 N–H and O–H groups in total. The maximum Gasteiger partial charge on any atom is 0.124 e. The molecule has 2 heterocycles. The van der Waals surface area contributed by atoms with Crippen molar-refractivity contribution in [3.63, 3.8) is 0 Å². The topological polar surface area (TPSA) is 38.0 Å². The number of hydrogen-bond acceptors (Lipinski definition) is 3. The lowest BCUT2D eigenvalue weighted by molar-refractivity contribution is 0.178. The molecule has 1 aromatic carbocycles. The number of fused-ring (bicyclic) bond motifs is 1. The van der Waals surface area contributed by atoms with Gasteiger partial charge in [-0.05, 0) is 30.0 Å². The zero-order valence-electron chi connectivity index (χ0n) is 11.8. The molecule has 0 fully saturated rings. The van der Waals surface area contributed by atoms with Crippen molar-refractivity contribution in [3.05, 3.63) is 53.2 Å². The Morgan fingerprint density at radius 1 is 1.38 bits per heavy atom. The lowest BCUT2D eigenvalue weighted by atomic mass is 10.2. The van der Waals surface area contributed by atoms with Gasteiger partial charge in [-0.2, -0.15) is 0 Å². The van der Waals surface area contributed by atoms with Crippen LogP contribution in [0.5, 0.6) is 0 Å². The maximum absolute atomic E-state index is 13.2. The van der Waals surface area contributed by atoms with E-state index in [4.69, 9.17) is 0 Å². The third-order valence-electron chi connectivity index (χ3n) is 3.47. The summed E-state index contributed by atoms with van der Waals surface area (Å²) in [4.78, 5) is 5.16. The van der Waals surface area contributed by atoms with Crippen LogP contribution in [0, 0.1) is 5.82 Å². The van der Waals surface area contributed by atoms with Gasteiger partial charge in [-0.1, -0.05) is 13.0 Å². The van der Waals surface area contributed by atoms with E-state index in [1.807, 2.05) is 12.3 Å². The maximum atomic E-state index is 13.2. The summed E-state index contributed by atoms with van der Waals surface area (Å²) in [6, 6.07) is 6.63. The van der Waals surface area contributed by atoms with Gasteiger partial charge in [0.15, 0.2) is 0 Å². The van der Waals surface area contributed by atoms with Gasteiger partial charge in [-0.25, -0.2) is 9.37 Å². The van der Waals surface area contributed by atoms with E-state index in [0.29, 0.717) is 6.42 Å². The number of benzene rings is 1. The van der Waals surface area contributed by atoms with Gasteiger partial charge < -0.3 is 9.67 Å². The molecule has 0 saturated carbocycles. The number of aliphatic hydroxyl groups is 1. The molecule has 0 aliphatic heterocycles. The van der Waals surface area contributed by atoms with Crippen LogP contribution in [-0.2, 0) is 13.0 Å². The molecule has 3 aromatic rings. The largest absolute Gasteiger partial charge is 0.387 e. The fourth-order valence-electron chi connectivity index (χ4n) is 2.44. The van der Waals surface area contributed by atoms with Crippen LogP contribution in [0.15, 0.2) is 36.7 Å². The standard InChI is InChI=1S/C16H17FN2OS/c1-2-6-19-7-5-18-16(19)10-13(20)15-8-11-3-4-12(17)9-14(11)21-15/h3-5,7-9,13,20H,2,6,10H2,1H3. The van der Waals surface area contributed by atoms with E-state index in [1.165, 1.54) is 23.5 Å². The molecule has 3 nitrogen and oxygen atoms in total. The Balaban J connectivity index is 1.83. The minimum atomic E-state index is -0.608. The van der Waals surface area contributed by atoms with Crippen LogP contribution in [0.4, 0.5) is 4.39 Å². The number of aryl methyl sites for hydroxylation is 1.